The average molecular weight is 291 g/mol. The molecular weight excluding hydrogens is 274 g/mol. The van der Waals surface area contributed by atoms with Crippen molar-refractivity contribution in [2.24, 2.45) is 0 Å². The maximum atomic E-state index is 11.3. The van der Waals surface area contributed by atoms with E-state index in [1.54, 1.807) is 6.20 Å². The Balaban J connectivity index is 1.98. The summed E-state index contributed by atoms with van der Waals surface area (Å²) in [5, 5.41) is 3.99. The normalized spacial score (nSPS) is 10.5. The number of aromatic amines is 1. The summed E-state index contributed by atoms with van der Waals surface area (Å²) in [6.45, 7) is 4.03. The van der Waals surface area contributed by atoms with Crippen molar-refractivity contribution in [2.45, 2.75) is 6.42 Å². The Bertz CT molecular complexity index is 806. The van der Waals surface area contributed by atoms with Gasteiger partial charge in [-0.15, -0.1) is 0 Å². The van der Waals surface area contributed by atoms with Crippen LogP contribution >= 0.6 is 0 Å². The molecule has 0 aliphatic carbocycles. The highest BCUT2D eigenvalue weighted by molar-refractivity contribution is 5.90. The molecule has 4 heteroatoms. The van der Waals surface area contributed by atoms with Gasteiger partial charge in [0, 0.05) is 23.6 Å². The average Bonchev–Trinajstić information content (AvgIpc) is 2.94. The molecule has 4 nitrogen and oxygen atoms in total. The van der Waals surface area contributed by atoms with Gasteiger partial charge in [-0.1, -0.05) is 30.8 Å². The van der Waals surface area contributed by atoms with Crippen LogP contribution in [-0.2, 0) is 11.2 Å². The zero-order chi connectivity index (χ0) is 15.4. The van der Waals surface area contributed by atoms with Crippen LogP contribution in [0.5, 0.6) is 0 Å². The Labute approximate surface area is 128 Å². The molecular formula is C18H17N3O. The van der Waals surface area contributed by atoms with Gasteiger partial charge in [0.05, 0.1) is 11.4 Å². The SMILES string of the molecule is C=CC(=O)NCCc1c(-c2ccccn2)[nH]c2ccccc12. The van der Waals surface area contributed by atoms with Crippen LogP contribution in [0, 0.1) is 0 Å². The summed E-state index contributed by atoms with van der Waals surface area (Å²) in [6.07, 6.45) is 3.80. The lowest BCUT2D eigenvalue weighted by Crippen LogP contribution is -2.23. The smallest absolute Gasteiger partial charge is 0.243 e. The van der Waals surface area contributed by atoms with Crippen LogP contribution in [0.3, 0.4) is 0 Å². The van der Waals surface area contributed by atoms with E-state index in [2.05, 4.69) is 27.9 Å². The third-order valence-corrected chi connectivity index (χ3v) is 3.59. The molecule has 0 aliphatic heterocycles. The summed E-state index contributed by atoms with van der Waals surface area (Å²) in [4.78, 5) is 19.2. The maximum absolute atomic E-state index is 11.3. The fourth-order valence-corrected chi connectivity index (χ4v) is 2.57. The zero-order valence-electron chi connectivity index (χ0n) is 12.2. The van der Waals surface area contributed by atoms with Crippen LogP contribution in [-0.4, -0.2) is 22.4 Å². The number of carbonyl (C=O) groups excluding carboxylic acids is 1. The molecule has 0 bridgehead atoms. The Hall–Kier alpha value is -2.88. The van der Waals surface area contributed by atoms with Gasteiger partial charge in [-0.3, -0.25) is 9.78 Å². The predicted molar refractivity (Wildman–Crippen MR) is 88.4 cm³/mol. The Morgan fingerprint density at radius 2 is 2.05 bits per heavy atom. The second kappa shape index (κ2) is 6.26. The second-order valence-corrected chi connectivity index (χ2v) is 4.98. The number of benzene rings is 1. The van der Waals surface area contributed by atoms with Crippen molar-refractivity contribution in [3.05, 3.63) is 66.9 Å². The highest BCUT2D eigenvalue weighted by atomic mass is 16.1. The van der Waals surface area contributed by atoms with Crippen molar-refractivity contribution in [2.75, 3.05) is 6.54 Å². The number of hydrogen-bond acceptors (Lipinski definition) is 2. The largest absolute Gasteiger partial charge is 0.353 e. The summed E-state index contributed by atoms with van der Waals surface area (Å²) in [7, 11) is 0. The summed E-state index contributed by atoms with van der Waals surface area (Å²) in [6, 6.07) is 14.0. The molecule has 0 unspecified atom stereocenters. The molecule has 0 saturated carbocycles. The first-order valence-electron chi connectivity index (χ1n) is 7.21. The molecule has 3 rings (SSSR count). The van der Waals surface area contributed by atoms with Gasteiger partial charge in [0.2, 0.25) is 5.91 Å². The van der Waals surface area contributed by atoms with Gasteiger partial charge in [0.1, 0.15) is 0 Å². The number of rotatable bonds is 5. The topological polar surface area (TPSA) is 57.8 Å². The Morgan fingerprint density at radius 1 is 1.23 bits per heavy atom. The van der Waals surface area contributed by atoms with Crippen molar-refractivity contribution in [3.63, 3.8) is 0 Å². The standard InChI is InChI=1S/C18H17N3O/c1-2-17(22)20-12-10-14-13-7-3-4-8-15(13)21-18(14)16-9-5-6-11-19-16/h2-9,11,21H,1,10,12H2,(H,20,22). The molecule has 110 valence electrons. The molecule has 1 aromatic carbocycles. The van der Waals surface area contributed by atoms with Crippen LogP contribution in [0.2, 0.25) is 0 Å². The van der Waals surface area contributed by atoms with Crippen LogP contribution in [0.4, 0.5) is 0 Å². The molecule has 0 spiro atoms. The Kier molecular flexibility index (Phi) is 4.01. The van der Waals surface area contributed by atoms with Gasteiger partial charge in [0.25, 0.3) is 0 Å². The number of pyridine rings is 1. The fraction of sp³-hybridized carbons (Fsp3) is 0.111. The van der Waals surface area contributed by atoms with E-state index >= 15 is 0 Å². The summed E-state index contributed by atoms with van der Waals surface area (Å²) in [5.74, 6) is -0.153. The molecule has 0 aliphatic rings. The Morgan fingerprint density at radius 3 is 2.82 bits per heavy atom. The van der Waals surface area contributed by atoms with Crippen LogP contribution < -0.4 is 5.32 Å². The van der Waals surface area contributed by atoms with Crippen molar-refractivity contribution < 1.29 is 4.79 Å². The van der Waals surface area contributed by atoms with E-state index in [-0.39, 0.29) is 5.91 Å². The van der Waals surface area contributed by atoms with E-state index in [1.807, 2.05) is 36.4 Å². The quantitative estimate of drug-likeness (QED) is 0.710. The third-order valence-electron chi connectivity index (χ3n) is 3.59. The van der Waals surface area contributed by atoms with Crippen molar-refractivity contribution in [1.29, 1.82) is 0 Å². The molecule has 0 atom stereocenters. The lowest BCUT2D eigenvalue weighted by atomic mass is 10.1. The fourth-order valence-electron chi connectivity index (χ4n) is 2.57. The zero-order valence-corrected chi connectivity index (χ0v) is 12.2. The maximum Gasteiger partial charge on any atom is 0.243 e. The summed E-state index contributed by atoms with van der Waals surface area (Å²) >= 11 is 0. The minimum atomic E-state index is -0.153. The number of amides is 1. The first kappa shape index (κ1) is 14.1. The lowest BCUT2D eigenvalue weighted by molar-refractivity contribution is -0.116. The number of H-pyrrole nitrogens is 1. The van der Waals surface area contributed by atoms with Gasteiger partial charge in [0.15, 0.2) is 0 Å². The summed E-state index contributed by atoms with van der Waals surface area (Å²) in [5.41, 5.74) is 4.16. The molecule has 22 heavy (non-hydrogen) atoms. The van der Waals surface area contributed by atoms with Gasteiger partial charge in [-0.2, -0.15) is 0 Å². The molecule has 0 saturated heterocycles. The first-order valence-corrected chi connectivity index (χ1v) is 7.21. The minimum Gasteiger partial charge on any atom is -0.353 e. The molecule has 2 heterocycles. The number of hydrogen-bond donors (Lipinski definition) is 2. The van der Waals surface area contributed by atoms with E-state index in [1.165, 1.54) is 11.6 Å². The number of carbonyl (C=O) groups is 1. The highest BCUT2D eigenvalue weighted by Gasteiger charge is 2.13. The van der Waals surface area contributed by atoms with Gasteiger partial charge in [-0.05, 0) is 36.3 Å². The minimum absolute atomic E-state index is 0.153. The monoisotopic (exact) mass is 291 g/mol. The van der Waals surface area contributed by atoms with E-state index in [0.29, 0.717) is 6.54 Å². The van der Waals surface area contributed by atoms with Gasteiger partial charge < -0.3 is 10.3 Å². The van der Waals surface area contributed by atoms with Gasteiger partial charge in [-0.25, -0.2) is 0 Å². The van der Waals surface area contributed by atoms with E-state index in [9.17, 15) is 4.79 Å². The van der Waals surface area contributed by atoms with Crippen LogP contribution in [0.1, 0.15) is 5.56 Å². The molecule has 1 amide bonds. The van der Waals surface area contributed by atoms with Crippen molar-refractivity contribution in [1.82, 2.24) is 15.3 Å². The lowest BCUT2D eigenvalue weighted by Gasteiger charge is -2.05. The van der Waals surface area contributed by atoms with Crippen molar-refractivity contribution >= 4 is 16.8 Å². The summed E-state index contributed by atoms with van der Waals surface area (Å²) < 4.78 is 0. The number of fused-ring (bicyclic) bond motifs is 1. The van der Waals surface area contributed by atoms with Crippen molar-refractivity contribution in [3.8, 4) is 11.4 Å². The molecule has 3 aromatic rings. The van der Waals surface area contributed by atoms with E-state index in [0.717, 1.165) is 28.7 Å². The molecule has 2 N–H and O–H groups in total. The molecule has 0 radical (unpaired) electrons. The van der Waals surface area contributed by atoms with Crippen LogP contribution in [0.15, 0.2) is 61.3 Å². The predicted octanol–water partition coefficient (Wildman–Crippen LogP) is 3.07. The number of nitrogens with one attached hydrogen (secondary N) is 2. The molecule has 2 aromatic heterocycles. The van der Waals surface area contributed by atoms with Gasteiger partial charge >= 0.3 is 0 Å². The van der Waals surface area contributed by atoms with Crippen LogP contribution in [0.25, 0.3) is 22.3 Å². The first-order chi connectivity index (χ1) is 10.8. The number of nitrogens with zero attached hydrogens (tertiary/aromatic N) is 1. The van der Waals surface area contributed by atoms with E-state index < -0.39 is 0 Å². The number of para-hydroxylation sites is 1. The third kappa shape index (κ3) is 2.76. The highest BCUT2D eigenvalue weighted by Crippen LogP contribution is 2.29. The number of aromatic nitrogens is 2. The molecule has 0 fully saturated rings. The van der Waals surface area contributed by atoms with E-state index in [4.69, 9.17) is 0 Å². The second-order valence-electron chi connectivity index (χ2n) is 4.98.